The first-order chi connectivity index (χ1) is 6.75. The number of halogens is 2. The zero-order chi connectivity index (χ0) is 9.97. The number of hydrogen-bond acceptors (Lipinski definition) is 1. The largest absolute Gasteiger partial charge is 0.373 e. The Morgan fingerprint density at radius 2 is 2.00 bits per heavy atom. The van der Waals surface area contributed by atoms with Crippen LogP contribution in [0, 0.1) is 0 Å². The van der Waals surface area contributed by atoms with Gasteiger partial charge in [0.2, 0.25) is 0 Å². The molecule has 0 amide bonds. The van der Waals surface area contributed by atoms with Crippen LogP contribution < -0.4 is 0 Å². The van der Waals surface area contributed by atoms with Crippen LogP contribution in [0.25, 0.3) is 0 Å². The van der Waals surface area contributed by atoms with Crippen molar-refractivity contribution in [3.05, 3.63) is 34.3 Å². The van der Waals surface area contributed by atoms with Gasteiger partial charge >= 0.3 is 0 Å². The maximum Gasteiger partial charge on any atom is 0.0834 e. The normalized spacial score (nSPS) is 27.6. The Bertz CT molecular complexity index is 299. The quantitative estimate of drug-likeness (QED) is 0.537. The lowest BCUT2D eigenvalue weighted by Gasteiger charge is -2.26. The van der Waals surface area contributed by atoms with Gasteiger partial charge in [0, 0.05) is 15.0 Å². The number of rotatable bonds is 1. The lowest BCUT2D eigenvalue weighted by atomic mass is 10.0. The van der Waals surface area contributed by atoms with E-state index in [0.717, 1.165) is 21.4 Å². The summed E-state index contributed by atoms with van der Waals surface area (Å²) in [6.07, 6.45) is 2.63. The highest BCUT2D eigenvalue weighted by Crippen LogP contribution is 2.32. The zero-order valence-electron chi connectivity index (χ0n) is 7.75. The van der Waals surface area contributed by atoms with Gasteiger partial charge in [0.25, 0.3) is 0 Å². The highest BCUT2D eigenvalue weighted by Gasteiger charge is 2.21. The number of alkyl halides is 1. The molecule has 1 aliphatic heterocycles. The van der Waals surface area contributed by atoms with Gasteiger partial charge in [0.1, 0.15) is 0 Å². The molecule has 0 spiro atoms. The van der Waals surface area contributed by atoms with Gasteiger partial charge < -0.3 is 4.74 Å². The van der Waals surface area contributed by atoms with Crippen molar-refractivity contribution < 1.29 is 4.74 Å². The van der Waals surface area contributed by atoms with E-state index in [4.69, 9.17) is 4.74 Å². The van der Waals surface area contributed by atoms with Crippen molar-refractivity contribution in [2.75, 3.05) is 6.61 Å². The second-order valence-corrected chi connectivity index (χ2v) is 6.21. The van der Waals surface area contributed by atoms with Crippen LogP contribution in [0.5, 0.6) is 0 Å². The molecule has 2 atom stereocenters. The molecule has 1 aliphatic rings. The third kappa shape index (κ3) is 2.70. The van der Waals surface area contributed by atoms with E-state index in [1.54, 1.807) is 0 Å². The summed E-state index contributed by atoms with van der Waals surface area (Å²) in [4.78, 5) is 0. The first-order valence-electron chi connectivity index (χ1n) is 4.77. The topological polar surface area (TPSA) is 9.23 Å². The summed E-state index contributed by atoms with van der Waals surface area (Å²) in [5, 5.41) is 0. The lowest BCUT2D eigenvalue weighted by molar-refractivity contribution is 0.0199. The maximum absolute atomic E-state index is 5.75. The third-order valence-electron chi connectivity index (χ3n) is 2.46. The van der Waals surface area contributed by atoms with Crippen LogP contribution in [-0.4, -0.2) is 10.5 Å². The summed E-state index contributed by atoms with van der Waals surface area (Å²) in [7, 11) is 0. The van der Waals surface area contributed by atoms with E-state index in [2.05, 4.69) is 62.8 Å². The molecule has 1 nitrogen and oxygen atoms in total. The first-order valence-corrected chi connectivity index (χ1v) is 6.80. The second-order valence-electron chi connectivity index (χ2n) is 3.53. The van der Waals surface area contributed by atoms with Gasteiger partial charge in [-0.2, -0.15) is 0 Å². The molecule has 1 fully saturated rings. The van der Waals surface area contributed by atoms with Gasteiger partial charge in [-0.1, -0.05) is 50.7 Å². The Labute approximate surface area is 106 Å². The molecule has 0 bridgehead atoms. The molecule has 0 saturated carbocycles. The molecule has 0 aromatic heterocycles. The molecule has 1 saturated heterocycles. The van der Waals surface area contributed by atoms with E-state index in [9.17, 15) is 0 Å². The van der Waals surface area contributed by atoms with Crippen LogP contribution in [0.15, 0.2) is 28.7 Å². The highest BCUT2D eigenvalue weighted by molar-refractivity contribution is 14.1. The van der Waals surface area contributed by atoms with Gasteiger partial charge in [-0.3, -0.25) is 0 Å². The standard InChI is InChI=1S/C11H12BrIO/c12-9-3-1-8(2-4-9)11-7-10(13)5-6-14-11/h1-4,10-11H,5-7H2/t10-,11?/m1/s1. The van der Waals surface area contributed by atoms with Crippen LogP contribution in [-0.2, 0) is 4.74 Å². The number of hydrogen-bond donors (Lipinski definition) is 0. The fraction of sp³-hybridized carbons (Fsp3) is 0.455. The molecule has 1 aromatic carbocycles. The van der Waals surface area contributed by atoms with Gasteiger partial charge in [-0.25, -0.2) is 0 Å². The molecular formula is C11H12BrIO. The van der Waals surface area contributed by atoms with Crippen molar-refractivity contribution >= 4 is 38.5 Å². The molecule has 1 aromatic rings. The molecule has 2 rings (SSSR count). The number of ether oxygens (including phenoxy) is 1. The van der Waals surface area contributed by atoms with Gasteiger partial charge in [-0.15, -0.1) is 0 Å². The average molecular weight is 367 g/mol. The smallest absolute Gasteiger partial charge is 0.0834 e. The molecule has 1 unspecified atom stereocenters. The van der Waals surface area contributed by atoms with E-state index in [0.29, 0.717) is 6.10 Å². The highest BCUT2D eigenvalue weighted by atomic mass is 127. The van der Waals surface area contributed by atoms with E-state index < -0.39 is 0 Å². The third-order valence-corrected chi connectivity index (χ3v) is 4.12. The van der Waals surface area contributed by atoms with Gasteiger partial charge in [0.05, 0.1) is 6.10 Å². The van der Waals surface area contributed by atoms with Crippen molar-refractivity contribution in [1.82, 2.24) is 0 Å². The van der Waals surface area contributed by atoms with Crippen LogP contribution >= 0.6 is 38.5 Å². The molecule has 3 heteroatoms. The van der Waals surface area contributed by atoms with Crippen LogP contribution in [0.2, 0.25) is 0 Å². The zero-order valence-corrected chi connectivity index (χ0v) is 11.5. The lowest BCUT2D eigenvalue weighted by Crippen LogP contribution is -2.19. The molecule has 76 valence electrons. The molecule has 0 radical (unpaired) electrons. The molecule has 14 heavy (non-hydrogen) atoms. The predicted molar refractivity (Wildman–Crippen MR) is 69.9 cm³/mol. The summed E-state index contributed by atoms with van der Waals surface area (Å²) < 4.78 is 7.64. The van der Waals surface area contributed by atoms with Gasteiger partial charge in [0.15, 0.2) is 0 Å². The minimum absolute atomic E-state index is 0.304. The fourth-order valence-corrected chi connectivity index (χ4v) is 2.65. The Balaban J connectivity index is 2.10. The molecule has 0 N–H and O–H groups in total. The van der Waals surface area contributed by atoms with Crippen molar-refractivity contribution in [2.45, 2.75) is 22.9 Å². The molecule has 0 aliphatic carbocycles. The number of benzene rings is 1. The summed E-state index contributed by atoms with van der Waals surface area (Å²) in [5.41, 5.74) is 1.30. The minimum atomic E-state index is 0.304. The molecule has 1 heterocycles. The summed E-state index contributed by atoms with van der Waals surface area (Å²) in [5.74, 6) is 0. The SMILES string of the molecule is Brc1ccc(C2C[C@H](I)CCO2)cc1. The summed E-state index contributed by atoms with van der Waals surface area (Å²) >= 11 is 5.96. The minimum Gasteiger partial charge on any atom is -0.373 e. The van der Waals surface area contributed by atoms with Crippen molar-refractivity contribution in [2.24, 2.45) is 0 Å². The first kappa shape index (κ1) is 10.9. The predicted octanol–water partition coefficient (Wildman–Crippen LogP) is 4.10. The van der Waals surface area contributed by atoms with Crippen molar-refractivity contribution in [1.29, 1.82) is 0 Å². The van der Waals surface area contributed by atoms with E-state index in [1.165, 1.54) is 12.0 Å². The Morgan fingerprint density at radius 3 is 2.64 bits per heavy atom. The fourth-order valence-electron chi connectivity index (χ4n) is 1.67. The van der Waals surface area contributed by atoms with E-state index in [1.807, 2.05) is 0 Å². The monoisotopic (exact) mass is 366 g/mol. The van der Waals surface area contributed by atoms with Crippen LogP contribution in [0.4, 0.5) is 0 Å². The average Bonchev–Trinajstić information content (AvgIpc) is 2.19. The Morgan fingerprint density at radius 1 is 1.29 bits per heavy atom. The van der Waals surface area contributed by atoms with Crippen molar-refractivity contribution in [3.8, 4) is 0 Å². The summed E-state index contributed by atoms with van der Waals surface area (Å²) in [6, 6.07) is 8.44. The van der Waals surface area contributed by atoms with Gasteiger partial charge in [-0.05, 0) is 30.5 Å². The second kappa shape index (κ2) is 4.94. The van der Waals surface area contributed by atoms with E-state index in [-0.39, 0.29) is 0 Å². The summed E-state index contributed by atoms with van der Waals surface area (Å²) in [6.45, 7) is 0.897. The maximum atomic E-state index is 5.75. The van der Waals surface area contributed by atoms with Crippen LogP contribution in [0.1, 0.15) is 24.5 Å². The Hall–Kier alpha value is 0.390. The van der Waals surface area contributed by atoms with Crippen molar-refractivity contribution in [3.63, 3.8) is 0 Å². The van der Waals surface area contributed by atoms with E-state index >= 15 is 0 Å². The van der Waals surface area contributed by atoms with Crippen LogP contribution in [0.3, 0.4) is 0 Å². The molecular weight excluding hydrogens is 355 g/mol. The Kier molecular flexibility index (Phi) is 3.85.